The van der Waals surface area contributed by atoms with E-state index in [-0.39, 0.29) is 0 Å². The molecule has 2 nitrogen and oxygen atoms in total. The van der Waals surface area contributed by atoms with E-state index in [1.807, 2.05) is 0 Å². The van der Waals surface area contributed by atoms with Crippen molar-refractivity contribution < 1.29 is 0 Å². The molecule has 0 aliphatic carbocycles. The Kier molecular flexibility index (Phi) is 6.37. The Morgan fingerprint density at radius 2 is 1.78 bits per heavy atom. The normalized spacial score (nSPS) is 16.6. The molecule has 0 spiro atoms. The summed E-state index contributed by atoms with van der Waals surface area (Å²) >= 11 is 0. The Bertz CT molecular complexity index is 323. The topological polar surface area (TPSA) is 29.3 Å². The van der Waals surface area contributed by atoms with E-state index in [0.717, 1.165) is 13.0 Å². The molecule has 102 valence electrons. The van der Waals surface area contributed by atoms with Crippen LogP contribution in [-0.4, -0.2) is 30.6 Å². The summed E-state index contributed by atoms with van der Waals surface area (Å²) in [6.45, 7) is 7.53. The van der Waals surface area contributed by atoms with Crippen LogP contribution in [0.2, 0.25) is 0 Å². The molecule has 2 N–H and O–H groups in total. The summed E-state index contributed by atoms with van der Waals surface area (Å²) in [5.74, 6) is 0.561. The van der Waals surface area contributed by atoms with Gasteiger partial charge in [0.2, 0.25) is 0 Å². The smallest absolute Gasteiger partial charge is 0.0223 e. The van der Waals surface area contributed by atoms with Gasteiger partial charge in [-0.25, -0.2) is 0 Å². The zero-order valence-corrected chi connectivity index (χ0v) is 12.3. The molecular weight excluding hydrogens is 220 g/mol. The molecule has 1 aromatic carbocycles. The molecule has 2 heteroatoms. The van der Waals surface area contributed by atoms with Crippen molar-refractivity contribution in [2.24, 2.45) is 5.73 Å². The van der Waals surface area contributed by atoms with Crippen LogP contribution in [0.5, 0.6) is 0 Å². The number of rotatable bonds is 7. The second-order valence-electron chi connectivity index (χ2n) is 5.36. The van der Waals surface area contributed by atoms with Crippen LogP contribution in [0.1, 0.15) is 45.1 Å². The molecule has 0 aliphatic heterocycles. The highest BCUT2D eigenvalue weighted by Gasteiger charge is 2.20. The fourth-order valence-corrected chi connectivity index (χ4v) is 2.40. The summed E-state index contributed by atoms with van der Waals surface area (Å²) in [4.78, 5) is 2.43. The van der Waals surface area contributed by atoms with Crippen molar-refractivity contribution in [3.05, 3.63) is 35.9 Å². The summed E-state index contributed by atoms with van der Waals surface area (Å²) in [7, 11) is 2.20. The fourth-order valence-electron chi connectivity index (χ4n) is 2.40. The minimum Gasteiger partial charge on any atom is -0.329 e. The van der Waals surface area contributed by atoms with Crippen LogP contribution < -0.4 is 5.73 Å². The van der Waals surface area contributed by atoms with Crippen LogP contribution in [0.15, 0.2) is 30.3 Å². The van der Waals surface area contributed by atoms with Gasteiger partial charge >= 0.3 is 0 Å². The number of hydrogen-bond acceptors (Lipinski definition) is 2. The van der Waals surface area contributed by atoms with E-state index in [2.05, 4.69) is 63.1 Å². The summed E-state index contributed by atoms with van der Waals surface area (Å²) < 4.78 is 0. The molecule has 3 atom stereocenters. The van der Waals surface area contributed by atoms with Gasteiger partial charge in [0.25, 0.3) is 0 Å². The first-order chi connectivity index (χ1) is 8.60. The van der Waals surface area contributed by atoms with Gasteiger partial charge in [0, 0.05) is 18.6 Å². The number of nitrogens with zero attached hydrogens (tertiary/aromatic N) is 1. The molecular formula is C16H28N2. The van der Waals surface area contributed by atoms with Crippen molar-refractivity contribution in [3.8, 4) is 0 Å². The number of hydrogen-bond donors (Lipinski definition) is 1. The molecule has 0 aliphatic rings. The molecule has 0 saturated carbocycles. The number of likely N-dealkylation sites (N-methyl/N-ethyl adjacent to an activating group) is 1. The molecule has 3 unspecified atom stereocenters. The lowest BCUT2D eigenvalue weighted by molar-refractivity contribution is 0.169. The lowest BCUT2D eigenvalue weighted by Crippen LogP contribution is -2.43. The first-order valence-corrected chi connectivity index (χ1v) is 7.07. The molecule has 0 bridgehead atoms. The van der Waals surface area contributed by atoms with Crippen molar-refractivity contribution in [2.45, 2.75) is 51.6 Å². The van der Waals surface area contributed by atoms with E-state index in [1.54, 1.807) is 0 Å². The number of nitrogens with two attached hydrogens (primary N) is 1. The fraction of sp³-hybridized carbons (Fsp3) is 0.625. The van der Waals surface area contributed by atoms with E-state index in [0.29, 0.717) is 18.0 Å². The summed E-state index contributed by atoms with van der Waals surface area (Å²) in [6, 6.07) is 11.8. The van der Waals surface area contributed by atoms with Gasteiger partial charge in [-0.15, -0.1) is 0 Å². The maximum atomic E-state index is 5.95. The average Bonchev–Trinajstić information content (AvgIpc) is 2.43. The Labute approximate surface area is 112 Å². The quantitative estimate of drug-likeness (QED) is 0.802. The third-order valence-electron chi connectivity index (χ3n) is 4.13. The molecule has 1 aromatic rings. The maximum Gasteiger partial charge on any atom is 0.0223 e. The lowest BCUT2D eigenvalue weighted by atomic mass is 9.93. The van der Waals surface area contributed by atoms with Crippen LogP contribution in [-0.2, 0) is 0 Å². The highest BCUT2D eigenvalue weighted by molar-refractivity contribution is 5.18. The molecule has 0 saturated heterocycles. The van der Waals surface area contributed by atoms with E-state index >= 15 is 0 Å². The minimum absolute atomic E-state index is 0.468. The standard InChI is InChI=1S/C16H28N2/c1-5-14(3)18(4)16(12-17)11-13(2)15-9-7-6-8-10-15/h6-10,13-14,16H,5,11-12,17H2,1-4H3. The van der Waals surface area contributed by atoms with Crippen molar-refractivity contribution in [1.82, 2.24) is 4.90 Å². The Morgan fingerprint density at radius 3 is 2.28 bits per heavy atom. The van der Waals surface area contributed by atoms with E-state index in [9.17, 15) is 0 Å². The van der Waals surface area contributed by atoms with Crippen LogP contribution in [0.4, 0.5) is 0 Å². The third kappa shape index (κ3) is 4.11. The summed E-state index contributed by atoms with van der Waals surface area (Å²) in [6.07, 6.45) is 2.30. The van der Waals surface area contributed by atoms with Gasteiger partial charge in [-0.1, -0.05) is 44.2 Å². The molecule has 1 rings (SSSR count). The summed E-state index contributed by atoms with van der Waals surface area (Å²) in [5.41, 5.74) is 7.36. The van der Waals surface area contributed by atoms with Crippen molar-refractivity contribution in [3.63, 3.8) is 0 Å². The van der Waals surface area contributed by atoms with Gasteiger partial charge in [-0.3, -0.25) is 4.90 Å². The van der Waals surface area contributed by atoms with Gasteiger partial charge in [0.15, 0.2) is 0 Å². The Hall–Kier alpha value is -0.860. The first-order valence-electron chi connectivity index (χ1n) is 7.07. The molecule has 0 heterocycles. The van der Waals surface area contributed by atoms with Crippen LogP contribution in [0.25, 0.3) is 0 Å². The maximum absolute atomic E-state index is 5.95. The second-order valence-corrected chi connectivity index (χ2v) is 5.36. The van der Waals surface area contributed by atoms with Crippen molar-refractivity contribution in [2.75, 3.05) is 13.6 Å². The number of benzene rings is 1. The van der Waals surface area contributed by atoms with Gasteiger partial charge in [0.1, 0.15) is 0 Å². The first kappa shape index (κ1) is 15.2. The van der Waals surface area contributed by atoms with Gasteiger partial charge in [-0.05, 0) is 38.3 Å². The van der Waals surface area contributed by atoms with Crippen LogP contribution in [0.3, 0.4) is 0 Å². The van der Waals surface area contributed by atoms with E-state index in [1.165, 1.54) is 12.0 Å². The van der Waals surface area contributed by atoms with Crippen molar-refractivity contribution >= 4 is 0 Å². The SMILES string of the molecule is CCC(C)N(C)C(CN)CC(C)c1ccccc1. The second kappa shape index (κ2) is 7.55. The van der Waals surface area contributed by atoms with Crippen LogP contribution >= 0.6 is 0 Å². The predicted octanol–water partition coefficient (Wildman–Crippen LogP) is 3.24. The van der Waals surface area contributed by atoms with Gasteiger partial charge < -0.3 is 5.73 Å². The van der Waals surface area contributed by atoms with E-state index < -0.39 is 0 Å². The predicted molar refractivity (Wildman–Crippen MR) is 79.8 cm³/mol. The molecule has 0 fully saturated rings. The molecule has 0 aromatic heterocycles. The Balaban J connectivity index is 2.63. The van der Waals surface area contributed by atoms with Crippen LogP contribution in [0, 0.1) is 0 Å². The highest BCUT2D eigenvalue weighted by atomic mass is 15.2. The third-order valence-corrected chi connectivity index (χ3v) is 4.13. The van der Waals surface area contributed by atoms with Gasteiger partial charge in [0.05, 0.1) is 0 Å². The molecule has 0 amide bonds. The lowest BCUT2D eigenvalue weighted by Gasteiger charge is -2.33. The zero-order chi connectivity index (χ0) is 13.5. The van der Waals surface area contributed by atoms with E-state index in [4.69, 9.17) is 5.73 Å². The van der Waals surface area contributed by atoms with Gasteiger partial charge in [-0.2, -0.15) is 0 Å². The van der Waals surface area contributed by atoms with Crippen molar-refractivity contribution in [1.29, 1.82) is 0 Å². The Morgan fingerprint density at radius 1 is 1.17 bits per heavy atom. The highest BCUT2D eigenvalue weighted by Crippen LogP contribution is 2.22. The minimum atomic E-state index is 0.468. The largest absolute Gasteiger partial charge is 0.329 e. The average molecular weight is 248 g/mol. The zero-order valence-electron chi connectivity index (χ0n) is 12.3. The molecule has 0 radical (unpaired) electrons. The molecule has 18 heavy (non-hydrogen) atoms. The summed E-state index contributed by atoms with van der Waals surface area (Å²) in [5, 5.41) is 0. The monoisotopic (exact) mass is 248 g/mol.